The molecule has 0 fully saturated rings. The molecule has 6 heteroatoms. The van der Waals surface area contributed by atoms with Gasteiger partial charge in [-0.3, -0.25) is 4.79 Å². The number of carbonyl (C=O) groups excluding carboxylic acids is 1. The summed E-state index contributed by atoms with van der Waals surface area (Å²) in [5.74, 6) is 0.784. The van der Waals surface area contributed by atoms with Gasteiger partial charge in [-0.2, -0.15) is 0 Å². The Kier molecular flexibility index (Phi) is 4.87. The van der Waals surface area contributed by atoms with E-state index >= 15 is 0 Å². The lowest BCUT2D eigenvalue weighted by molar-refractivity contribution is 0.0919. The van der Waals surface area contributed by atoms with Gasteiger partial charge in [0.05, 0.1) is 5.69 Å². The van der Waals surface area contributed by atoms with E-state index in [1.54, 1.807) is 24.8 Å². The molecular weight excluding hydrogens is 284 g/mol. The monoisotopic (exact) mass is 296 g/mol. The minimum atomic E-state index is -0.239. The summed E-state index contributed by atoms with van der Waals surface area (Å²) in [7, 11) is 0. The molecule has 0 radical (unpaired) electrons. The summed E-state index contributed by atoms with van der Waals surface area (Å²) in [6, 6.07) is 9.21. The Hall–Kier alpha value is -1.46. The van der Waals surface area contributed by atoms with E-state index in [9.17, 15) is 4.79 Å². The van der Waals surface area contributed by atoms with Crippen molar-refractivity contribution in [2.24, 2.45) is 0 Å². The standard InChI is InChI=1S/C13H13ClN2O2S/c1-9-8-12(18-16-9)13(17)15-6-7-19-11-4-2-10(14)3-5-11/h2-5,8H,6-7H2,1H3,(H,15,17). The van der Waals surface area contributed by atoms with Crippen LogP contribution in [0.15, 0.2) is 39.8 Å². The summed E-state index contributed by atoms with van der Waals surface area (Å²) >= 11 is 7.45. The number of halogens is 1. The lowest BCUT2D eigenvalue weighted by Crippen LogP contribution is -2.25. The first-order chi connectivity index (χ1) is 9.15. The molecule has 1 N–H and O–H groups in total. The van der Waals surface area contributed by atoms with Crippen molar-refractivity contribution in [2.45, 2.75) is 11.8 Å². The Bertz CT molecular complexity index is 554. The molecule has 0 aliphatic heterocycles. The summed E-state index contributed by atoms with van der Waals surface area (Å²) in [6.45, 7) is 2.34. The molecule has 1 amide bonds. The summed E-state index contributed by atoms with van der Waals surface area (Å²) in [5, 5.41) is 7.16. The van der Waals surface area contributed by atoms with Crippen LogP contribution in [0.4, 0.5) is 0 Å². The summed E-state index contributed by atoms with van der Waals surface area (Å²) in [5.41, 5.74) is 0.695. The van der Waals surface area contributed by atoms with E-state index in [1.165, 1.54) is 0 Å². The molecular formula is C13H13ClN2O2S. The molecule has 0 atom stereocenters. The molecule has 0 aliphatic rings. The van der Waals surface area contributed by atoms with Gasteiger partial charge in [0.25, 0.3) is 5.91 Å². The fourth-order valence-corrected chi connectivity index (χ4v) is 2.32. The molecule has 0 aliphatic carbocycles. The van der Waals surface area contributed by atoms with Crippen LogP contribution in [0.5, 0.6) is 0 Å². The lowest BCUT2D eigenvalue weighted by atomic mass is 10.4. The van der Waals surface area contributed by atoms with E-state index in [-0.39, 0.29) is 11.7 Å². The predicted molar refractivity (Wildman–Crippen MR) is 75.7 cm³/mol. The van der Waals surface area contributed by atoms with Crippen LogP contribution in [0.2, 0.25) is 5.02 Å². The van der Waals surface area contributed by atoms with Crippen molar-refractivity contribution in [2.75, 3.05) is 12.3 Å². The number of amides is 1. The van der Waals surface area contributed by atoms with Crippen LogP contribution < -0.4 is 5.32 Å². The zero-order chi connectivity index (χ0) is 13.7. The molecule has 0 saturated carbocycles. The summed E-state index contributed by atoms with van der Waals surface area (Å²) < 4.78 is 4.87. The number of aryl methyl sites for hydroxylation is 1. The van der Waals surface area contributed by atoms with E-state index in [0.717, 1.165) is 15.7 Å². The van der Waals surface area contributed by atoms with Crippen LogP contribution >= 0.6 is 23.4 Å². The van der Waals surface area contributed by atoms with E-state index < -0.39 is 0 Å². The highest BCUT2D eigenvalue weighted by Gasteiger charge is 2.10. The number of rotatable bonds is 5. The fourth-order valence-electron chi connectivity index (χ4n) is 1.42. The molecule has 1 heterocycles. The van der Waals surface area contributed by atoms with E-state index in [4.69, 9.17) is 16.1 Å². The van der Waals surface area contributed by atoms with Gasteiger partial charge in [-0.15, -0.1) is 11.8 Å². The molecule has 19 heavy (non-hydrogen) atoms. The third-order valence-electron chi connectivity index (χ3n) is 2.32. The molecule has 0 saturated heterocycles. The molecule has 1 aromatic heterocycles. The van der Waals surface area contributed by atoms with Gasteiger partial charge in [-0.1, -0.05) is 16.8 Å². The van der Waals surface area contributed by atoms with Crippen molar-refractivity contribution in [1.29, 1.82) is 0 Å². The van der Waals surface area contributed by atoms with Crippen LogP contribution in [0.25, 0.3) is 0 Å². The normalized spacial score (nSPS) is 10.4. The minimum Gasteiger partial charge on any atom is -0.351 e. The SMILES string of the molecule is Cc1cc(C(=O)NCCSc2ccc(Cl)cc2)on1. The zero-order valence-corrected chi connectivity index (χ0v) is 11.9. The summed E-state index contributed by atoms with van der Waals surface area (Å²) in [4.78, 5) is 12.8. The molecule has 0 bridgehead atoms. The van der Waals surface area contributed by atoms with Gasteiger partial charge in [0.2, 0.25) is 5.76 Å². The third kappa shape index (κ3) is 4.29. The first-order valence-corrected chi connectivity index (χ1v) is 7.11. The molecule has 2 rings (SSSR count). The van der Waals surface area contributed by atoms with Crippen molar-refractivity contribution in [3.8, 4) is 0 Å². The van der Waals surface area contributed by atoms with Gasteiger partial charge in [-0.25, -0.2) is 0 Å². The van der Waals surface area contributed by atoms with Crippen molar-refractivity contribution >= 4 is 29.3 Å². The number of hydrogen-bond donors (Lipinski definition) is 1. The number of hydrogen-bond acceptors (Lipinski definition) is 4. The van der Waals surface area contributed by atoms with Crippen molar-refractivity contribution in [1.82, 2.24) is 10.5 Å². The quantitative estimate of drug-likeness (QED) is 0.680. The van der Waals surface area contributed by atoms with E-state index in [2.05, 4.69) is 10.5 Å². The molecule has 100 valence electrons. The summed E-state index contributed by atoms with van der Waals surface area (Å²) in [6.07, 6.45) is 0. The zero-order valence-electron chi connectivity index (χ0n) is 10.4. The molecule has 1 aromatic carbocycles. The Labute approximate surface area is 120 Å². The Morgan fingerprint density at radius 2 is 2.16 bits per heavy atom. The predicted octanol–water partition coefficient (Wildman–Crippen LogP) is 3.16. The van der Waals surface area contributed by atoms with E-state index in [0.29, 0.717) is 12.2 Å². The maximum atomic E-state index is 11.6. The number of nitrogens with zero attached hydrogens (tertiary/aromatic N) is 1. The highest BCUT2D eigenvalue weighted by Crippen LogP contribution is 2.19. The minimum absolute atomic E-state index is 0.239. The van der Waals surface area contributed by atoms with Crippen LogP contribution in [0, 0.1) is 6.92 Å². The highest BCUT2D eigenvalue weighted by molar-refractivity contribution is 7.99. The second-order valence-corrected chi connectivity index (χ2v) is 5.50. The van der Waals surface area contributed by atoms with Crippen LogP contribution in [-0.4, -0.2) is 23.4 Å². The molecule has 0 unspecified atom stereocenters. The van der Waals surface area contributed by atoms with Gasteiger partial charge in [0.1, 0.15) is 0 Å². The first-order valence-electron chi connectivity index (χ1n) is 5.75. The topological polar surface area (TPSA) is 55.1 Å². The average Bonchev–Trinajstić information content (AvgIpc) is 2.83. The number of nitrogens with one attached hydrogen (secondary N) is 1. The van der Waals surface area contributed by atoms with Crippen molar-refractivity contribution in [3.05, 3.63) is 46.8 Å². The lowest BCUT2D eigenvalue weighted by Gasteiger charge is -2.03. The number of benzene rings is 1. The van der Waals surface area contributed by atoms with Crippen LogP contribution in [0.3, 0.4) is 0 Å². The number of aromatic nitrogens is 1. The van der Waals surface area contributed by atoms with Gasteiger partial charge < -0.3 is 9.84 Å². The Morgan fingerprint density at radius 1 is 1.42 bits per heavy atom. The van der Waals surface area contributed by atoms with Gasteiger partial charge in [-0.05, 0) is 31.2 Å². The maximum absolute atomic E-state index is 11.6. The second kappa shape index (κ2) is 6.63. The van der Waals surface area contributed by atoms with Gasteiger partial charge in [0.15, 0.2) is 0 Å². The largest absolute Gasteiger partial charge is 0.351 e. The van der Waals surface area contributed by atoms with Gasteiger partial charge in [0, 0.05) is 28.3 Å². The molecule has 4 nitrogen and oxygen atoms in total. The molecule has 0 spiro atoms. The third-order valence-corrected chi connectivity index (χ3v) is 3.59. The first kappa shape index (κ1) is 14.0. The Balaban J connectivity index is 1.72. The maximum Gasteiger partial charge on any atom is 0.289 e. The average molecular weight is 297 g/mol. The van der Waals surface area contributed by atoms with Crippen LogP contribution in [0.1, 0.15) is 16.2 Å². The van der Waals surface area contributed by atoms with Gasteiger partial charge >= 0.3 is 0 Å². The number of carbonyl (C=O) groups is 1. The van der Waals surface area contributed by atoms with Crippen LogP contribution in [-0.2, 0) is 0 Å². The van der Waals surface area contributed by atoms with E-state index in [1.807, 2.05) is 24.3 Å². The van der Waals surface area contributed by atoms with Crippen molar-refractivity contribution in [3.63, 3.8) is 0 Å². The fraction of sp³-hybridized carbons (Fsp3) is 0.231. The number of thioether (sulfide) groups is 1. The molecule has 2 aromatic rings. The highest BCUT2D eigenvalue weighted by atomic mass is 35.5. The second-order valence-electron chi connectivity index (χ2n) is 3.89. The Morgan fingerprint density at radius 3 is 2.79 bits per heavy atom. The van der Waals surface area contributed by atoms with Crippen molar-refractivity contribution < 1.29 is 9.32 Å². The smallest absolute Gasteiger partial charge is 0.289 e.